The highest BCUT2D eigenvalue weighted by Crippen LogP contribution is 2.38. The van der Waals surface area contributed by atoms with Crippen molar-refractivity contribution >= 4 is 23.0 Å². The van der Waals surface area contributed by atoms with E-state index in [1.807, 2.05) is 74.5 Å². The number of aromatic hydroxyl groups is 1. The number of nitrogens with one attached hydrogen (secondary N) is 1. The minimum Gasteiger partial charge on any atom is -0.494 e. The quantitative estimate of drug-likeness (QED) is 0.496. The molecule has 0 saturated heterocycles. The summed E-state index contributed by atoms with van der Waals surface area (Å²) in [5, 5.41) is 11.1. The van der Waals surface area contributed by atoms with E-state index in [2.05, 4.69) is 4.98 Å². The predicted molar refractivity (Wildman–Crippen MR) is 131 cm³/mol. The molecule has 0 radical (unpaired) electrons. The van der Waals surface area contributed by atoms with Crippen LogP contribution in [0.4, 0.5) is 5.69 Å². The van der Waals surface area contributed by atoms with Gasteiger partial charge in [0.1, 0.15) is 5.56 Å². The van der Waals surface area contributed by atoms with Gasteiger partial charge in [-0.1, -0.05) is 54.6 Å². The molecule has 0 spiro atoms. The molecule has 0 aliphatic carbocycles. The smallest absolute Gasteiger partial charge is 0.335 e. The van der Waals surface area contributed by atoms with Gasteiger partial charge in [0.05, 0.1) is 17.1 Å². The summed E-state index contributed by atoms with van der Waals surface area (Å²) in [6, 6.07) is 22.8. The van der Waals surface area contributed by atoms with E-state index >= 15 is 0 Å². The maximum Gasteiger partial charge on any atom is 0.335 e. The van der Waals surface area contributed by atoms with Gasteiger partial charge in [0.15, 0.2) is 0 Å². The van der Waals surface area contributed by atoms with Gasteiger partial charge in [-0.15, -0.1) is 0 Å². The number of aliphatic imine (C=N–C) groups is 1. The zero-order chi connectivity index (χ0) is 23.1. The fourth-order valence-electron chi connectivity index (χ4n) is 4.20. The second kappa shape index (κ2) is 7.91. The van der Waals surface area contributed by atoms with Crippen LogP contribution in [-0.2, 0) is 0 Å². The van der Waals surface area contributed by atoms with Gasteiger partial charge in [-0.2, -0.15) is 0 Å². The van der Waals surface area contributed by atoms with Crippen molar-refractivity contribution in [3.8, 4) is 11.6 Å². The summed E-state index contributed by atoms with van der Waals surface area (Å²) in [6.45, 7) is 3.82. The van der Waals surface area contributed by atoms with Gasteiger partial charge in [0, 0.05) is 16.7 Å². The van der Waals surface area contributed by atoms with Gasteiger partial charge < -0.3 is 5.11 Å². The van der Waals surface area contributed by atoms with Crippen molar-refractivity contribution in [1.29, 1.82) is 0 Å². The van der Waals surface area contributed by atoms with Crippen LogP contribution in [0.15, 0.2) is 87.4 Å². The van der Waals surface area contributed by atoms with Crippen LogP contribution in [0.2, 0.25) is 0 Å². The van der Waals surface area contributed by atoms with Gasteiger partial charge in [-0.05, 0) is 49.2 Å². The number of fused-ring (bicyclic) bond motifs is 1. The highest BCUT2D eigenvalue weighted by atomic mass is 16.3. The van der Waals surface area contributed by atoms with Crippen LogP contribution in [0.1, 0.15) is 27.8 Å². The topological polar surface area (TPSA) is 87.4 Å². The fraction of sp³-hybridized carbons (Fsp3) is 0.0741. The Balaban J connectivity index is 1.76. The van der Waals surface area contributed by atoms with E-state index in [0.717, 1.165) is 32.5 Å². The summed E-state index contributed by atoms with van der Waals surface area (Å²) in [4.78, 5) is 32.6. The summed E-state index contributed by atoms with van der Waals surface area (Å²) in [7, 11) is 0. The zero-order valence-corrected chi connectivity index (χ0v) is 18.2. The number of aryl methyl sites for hydroxylation is 2. The fourth-order valence-corrected chi connectivity index (χ4v) is 4.20. The standard InChI is InChI=1S/C27H21N3O3/c1-16-12-17(2)14-19(13-16)30-26(32)22(25(31)29-27(30)33)15-21-20-10-6-7-11-23(20)28-24(21)18-8-4-3-5-9-18/h3-15,32H,1-2H3,(H,29,31,33)/b21-15+. The first kappa shape index (κ1) is 20.5. The molecule has 1 aromatic heterocycles. The molecular weight excluding hydrogens is 414 g/mol. The molecule has 5 rings (SSSR count). The number of hydrogen-bond donors (Lipinski definition) is 2. The highest BCUT2D eigenvalue weighted by molar-refractivity contribution is 6.39. The molecule has 0 bridgehead atoms. The number of hydrogen-bond acceptors (Lipinski definition) is 4. The minimum atomic E-state index is -0.701. The Morgan fingerprint density at radius 2 is 1.58 bits per heavy atom. The van der Waals surface area contributed by atoms with Crippen molar-refractivity contribution in [2.75, 3.05) is 0 Å². The highest BCUT2D eigenvalue weighted by Gasteiger charge is 2.24. The summed E-state index contributed by atoms with van der Waals surface area (Å²) in [5.41, 5.74) is 4.88. The third kappa shape index (κ3) is 3.61. The molecule has 4 aromatic rings. The van der Waals surface area contributed by atoms with Crippen LogP contribution in [0.25, 0.3) is 17.3 Å². The van der Waals surface area contributed by atoms with Crippen molar-refractivity contribution < 1.29 is 5.11 Å². The van der Waals surface area contributed by atoms with Crippen molar-refractivity contribution in [1.82, 2.24) is 9.55 Å². The molecule has 3 aromatic carbocycles. The Kier molecular flexibility index (Phi) is 4.90. The Morgan fingerprint density at radius 3 is 2.30 bits per heavy atom. The summed E-state index contributed by atoms with van der Waals surface area (Å²) >= 11 is 0. The summed E-state index contributed by atoms with van der Waals surface area (Å²) in [6.07, 6.45) is 1.60. The summed E-state index contributed by atoms with van der Waals surface area (Å²) in [5.74, 6) is -0.418. The average Bonchev–Trinajstić information content (AvgIpc) is 3.15. The molecule has 33 heavy (non-hydrogen) atoms. The molecule has 6 heteroatoms. The Labute approximate surface area is 189 Å². The van der Waals surface area contributed by atoms with E-state index in [1.165, 1.54) is 0 Å². The lowest BCUT2D eigenvalue weighted by atomic mass is 9.96. The van der Waals surface area contributed by atoms with Crippen LogP contribution in [0.3, 0.4) is 0 Å². The summed E-state index contributed by atoms with van der Waals surface area (Å²) < 4.78 is 1.12. The van der Waals surface area contributed by atoms with Gasteiger partial charge in [-0.25, -0.2) is 14.4 Å². The third-order valence-electron chi connectivity index (χ3n) is 5.60. The van der Waals surface area contributed by atoms with Crippen molar-refractivity contribution in [2.45, 2.75) is 13.8 Å². The van der Waals surface area contributed by atoms with Gasteiger partial charge in [-0.3, -0.25) is 9.78 Å². The molecule has 0 atom stereocenters. The molecule has 0 saturated carbocycles. The van der Waals surface area contributed by atoms with Gasteiger partial charge in [0.2, 0.25) is 5.88 Å². The largest absolute Gasteiger partial charge is 0.494 e. The van der Waals surface area contributed by atoms with E-state index in [4.69, 9.17) is 4.99 Å². The number of para-hydroxylation sites is 1. The number of H-pyrrole nitrogens is 1. The molecule has 0 unspecified atom stereocenters. The molecule has 0 amide bonds. The van der Waals surface area contributed by atoms with Crippen LogP contribution >= 0.6 is 0 Å². The number of benzene rings is 3. The molecule has 2 N–H and O–H groups in total. The van der Waals surface area contributed by atoms with Crippen LogP contribution in [0, 0.1) is 13.8 Å². The molecular formula is C27H21N3O3. The lowest BCUT2D eigenvalue weighted by molar-refractivity contribution is 0.429. The third-order valence-corrected chi connectivity index (χ3v) is 5.60. The monoisotopic (exact) mass is 435 g/mol. The van der Waals surface area contributed by atoms with E-state index in [0.29, 0.717) is 17.0 Å². The number of aromatic nitrogens is 2. The van der Waals surface area contributed by atoms with E-state index in [9.17, 15) is 14.7 Å². The zero-order valence-electron chi connectivity index (χ0n) is 18.2. The SMILES string of the molecule is Cc1cc(C)cc(-n2c(O)c(/C=C3/C(c4ccccc4)=Nc4ccccc43)c(=O)[nH]c2=O)c1. The first-order chi connectivity index (χ1) is 15.9. The average molecular weight is 435 g/mol. The number of rotatable bonds is 3. The number of allylic oxidation sites excluding steroid dienone is 1. The van der Waals surface area contributed by atoms with Crippen LogP contribution < -0.4 is 11.2 Å². The van der Waals surface area contributed by atoms with Crippen LogP contribution in [0.5, 0.6) is 5.88 Å². The molecule has 1 aliphatic rings. The lowest BCUT2D eigenvalue weighted by Crippen LogP contribution is -2.30. The second-order valence-corrected chi connectivity index (χ2v) is 8.08. The van der Waals surface area contributed by atoms with Gasteiger partial charge >= 0.3 is 5.69 Å². The van der Waals surface area contributed by atoms with E-state index < -0.39 is 17.1 Å². The lowest BCUT2D eigenvalue weighted by Gasteiger charge is -2.12. The predicted octanol–water partition coefficient (Wildman–Crippen LogP) is 4.52. The van der Waals surface area contributed by atoms with Crippen molar-refractivity contribution in [3.05, 3.63) is 121 Å². The number of nitrogens with zero attached hydrogens (tertiary/aromatic N) is 2. The first-order valence-electron chi connectivity index (χ1n) is 10.5. The molecule has 1 aliphatic heterocycles. The molecule has 0 fully saturated rings. The van der Waals surface area contributed by atoms with Crippen LogP contribution in [-0.4, -0.2) is 20.4 Å². The Bertz CT molecular complexity index is 1550. The second-order valence-electron chi connectivity index (χ2n) is 8.08. The maximum absolute atomic E-state index is 12.8. The van der Waals surface area contributed by atoms with E-state index in [1.54, 1.807) is 18.2 Å². The maximum atomic E-state index is 12.8. The first-order valence-corrected chi connectivity index (χ1v) is 10.5. The molecule has 162 valence electrons. The Hall–Kier alpha value is -4.45. The minimum absolute atomic E-state index is 0.0101. The number of aromatic amines is 1. The van der Waals surface area contributed by atoms with Crippen molar-refractivity contribution in [2.24, 2.45) is 4.99 Å². The molecule has 6 nitrogen and oxygen atoms in total. The Morgan fingerprint density at radius 1 is 0.909 bits per heavy atom. The molecule has 2 heterocycles. The van der Waals surface area contributed by atoms with E-state index in [-0.39, 0.29) is 5.56 Å². The van der Waals surface area contributed by atoms with Crippen molar-refractivity contribution in [3.63, 3.8) is 0 Å². The van der Waals surface area contributed by atoms with Gasteiger partial charge in [0.25, 0.3) is 5.56 Å². The normalized spacial score (nSPS) is 13.8.